The van der Waals surface area contributed by atoms with Gasteiger partial charge in [0.15, 0.2) is 5.82 Å². The summed E-state index contributed by atoms with van der Waals surface area (Å²) in [6.45, 7) is 12.4. The number of nitrogens with zero attached hydrogens (tertiary/aromatic N) is 7. The smallest absolute Gasteiger partial charge is 0.233 e. The largest absolute Gasteiger partial charge is 0.372 e. The number of piperazine rings is 1. The van der Waals surface area contributed by atoms with E-state index in [1.54, 1.807) is 0 Å². The Hall–Kier alpha value is -2.98. The van der Waals surface area contributed by atoms with Crippen molar-refractivity contribution in [3.63, 3.8) is 0 Å². The predicted octanol–water partition coefficient (Wildman–Crippen LogP) is 3.09. The van der Waals surface area contributed by atoms with Gasteiger partial charge in [-0.2, -0.15) is 0 Å². The number of rotatable bonds is 5. The molecule has 2 aromatic heterocycles. The van der Waals surface area contributed by atoms with Gasteiger partial charge in [0.25, 0.3) is 0 Å². The van der Waals surface area contributed by atoms with Crippen LogP contribution >= 0.6 is 11.8 Å². The summed E-state index contributed by atoms with van der Waals surface area (Å²) in [6, 6.07) is 9.87. The first-order valence-corrected chi connectivity index (χ1v) is 13.5. The Morgan fingerprint density at radius 1 is 0.917 bits per heavy atom. The van der Waals surface area contributed by atoms with Gasteiger partial charge in [-0.1, -0.05) is 23.9 Å². The number of hydrogen-bond donors (Lipinski definition) is 0. The van der Waals surface area contributed by atoms with Crippen LogP contribution in [0.2, 0.25) is 0 Å². The minimum Gasteiger partial charge on any atom is -0.372 e. The first-order chi connectivity index (χ1) is 17.4. The van der Waals surface area contributed by atoms with Crippen LogP contribution in [-0.2, 0) is 9.53 Å². The highest BCUT2D eigenvalue weighted by Gasteiger charge is 2.28. The zero-order chi connectivity index (χ0) is 25.2. The number of aromatic nitrogens is 4. The van der Waals surface area contributed by atoms with Crippen LogP contribution in [0.1, 0.15) is 25.2 Å². The van der Waals surface area contributed by atoms with Crippen molar-refractivity contribution in [1.82, 2.24) is 24.8 Å². The van der Waals surface area contributed by atoms with E-state index in [-0.39, 0.29) is 18.1 Å². The number of benzene rings is 1. The van der Waals surface area contributed by atoms with Crippen molar-refractivity contribution in [2.45, 2.75) is 44.9 Å². The lowest BCUT2D eigenvalue weighted by Gasteiger charge is -2.36. The number of thioether (sulfide) groups is 1. The summed E-state index contributed by atoms with van der Waals surface area (Å²) in [5.74, 6) is 2.03. The fourth-order valence-corrected chi connectivity index (χ4v) is 5.76. The quantitative estimate of drug-likeness (QED) is 0.484. The molecule has 0 N–H and O–H groups in total. The third kappa shape index (κ3) is 5.54. The number of ether oxygens (including phenoxy) is 1. The van der Waals surface area contributed by atoms with Gasteiger partial charge in [-0.15, -0.1) is 0 Å². The van der Waals surface area contributed by atoms with Gasteiger partial charge in [0.2, 0.25) is 11.9 Å². The van der Waals surface area contributed by atoms with Crippen molar-refractivity contribution in [3.05, 3.63) is 41.7 Å². The zero-order valence-electron chi connectivity index (χ0n) is 21.3. The summed E-state index contributed by atoms with van der Waals surface area (Å²) in [4.78, 5) is 38.5. The monoisotopic (exact) mass is 507 g/mol. The fraction of sp³-hybridized carbons (Fsp3) is 0.500. The summed E-state index contributed by atoms with van der Waals surface area (Å²) in [6.07, 6.45) is 0.220. The number of amides is 1. The molecule has 0 spiro atoms. The van der Waals surface area contributed by atoms with Crippen LogP contribution < -0.4 is 9.80 Å². The molecule has 2 atom stereocenters. The molecule has 2 aliphatic rings. The van der Waals surface area contributed by atoms with Crippen LogP contribution in [0.3, 0.4) is 0 Å². The summed E-state index contributed by atoms with van der Waals surface area (Å²) < 4.78 is 5.93. The molecule has 2 aliphatic heterocycles. The van der Waals surface area contributed by atoms with Gasteiger partial charge in [-0.3, -0.25) is 4.79 Å². The number of carbonyl (C=O) groups excluding carboxylic acids is 1. The fourth-order valence-electron chi connectivity index (χ4n) is 4.85. The van der Waals surface area contributed by atoms with Crippen LogP contribution in [0.15, 0.2) is 35.4 Å². The SMILES string of the molecule is Cc1cc(C)nc(N2CCN(C(=O)CSc3nc4ccccc4nc3N3C[C@@H](C)O[C@H](C)C3)CC2)n1. The van der Waals surface area contributed by atoms with Gasteiger partial charge < -0.3 is 19.4 Å². The summed E-state index contributed by atoms with van der Waals surface area (Å²) in [5, 5.41) is 0.797. The van der Waals surface area contributed by atoms with Gasteiger partial charge in [0, 0.05) is 50.7 Å². The highest BCUT2D eigenvalue weighted by molar-refractivity contribution is 8.00. The third-order valence-corrected chi connectivity index (χ3v) is 7.40. The Kier molecular flexibility index (Phi) is 7.25. The van der Waals surface area contributed by atoms with Crippen LogP contribution in [0.4, 0.5) is 11.8 Å². The van der Waals surface area contributed by atoms with E-state index in [4.69, 9.17) is 14.7 Å². The van der Waals surface area contributed by atoms with Gasteiger partial charge in [-0.25, -0.2) is 19.9 Å². The molecule has 0 bridgehead atoms. The molecule has 10 heteroatoms. The first-order valence-electron chi connectivity index (χ1n) is 12.5. The molecule has 4 heterocycles. The van der Waals surface area contributed by atoms with Crippen molar-refractivity contribution >= 4 is 40.5 Å². The van der Waals surface area contributed by atoms with Crippen LogP contribution in [-0.4, -0.2) is 88.0 Å². The van der Waals surface area contributed by atoms with Crippen molar-refractivity contribution in [1.29, 1.82) is 0 Å². The van der Waals surface area contributed by atoms with Gasteiger partial charge in [-0.05, 0) is 45.9 Å². The summed E-state index contributed by atoms with van der Waals surface area (Å²) in [5.41, 5.74) is 3.62. The highest BCUT2D eigenvalue weighted by Crippen LogP contribution is 2.31. The molecular formula is C26H33N7O2S. The molecule has 190 valence electrons. The number of fused-ring (bicyclic) bond motifs is 1. The van der Waals surface area contributed by atoms with Crippen molar-refractivity contribution < 1.29 is 9.53 Å². The Bertz CT molecular complexity index is 1220. The second-order valence-corrected chi connectivity index (χ2v) is 10.6. The Morgan fingerprint density at radius 3 is 2.17 bits per heavy atom. The molecular weight excluding hydrogens is 474 g/mol. The van der Waals surface area contributed by atoms with E-state index in [1.165, 1.54) is 11.8 Å². The molecule has 0 unspecified atom stereocenters. The molecule has 2 saturated heterocycles. The molecule has 1 aromatic carbocycles. The van der Waals surface area contributed by atoms with E-state index >= 15 is 0 Å². The lowest BCUT2D eigenvalue weighted by molar-refractivity contribution is -0.128. The molecule has 1 amide bonds. The molecule has 3 aromatic rings. The first kappa shape index (κ1) is 24.7. The highest BCUT2D eigenvalue weighted by atomic mass is 32.2. The second-order valence-electron chi connectivity index (χ2n) is 9.61. The van der Waals surface area contributed by atoms with Crippen LogP contribution in [0.25, 0.3) is 11.0 Å². The normalized spacial score (nSPS) is 20.7. The van der Waals surface area contributed by atoms with E-state index in [0.29, 0.717) is 18.8 Å². The molecule has 0 aliphatic carbocycles. The maximum atomic E-state index is 13.2. The standard InChI is InChI=1S/C26H33N7O2S/c1-17-13-18(2)28-26(27-17)32-11-9-31(10-12-32)23(34)16-36-25-24(33-14-19(3)35-20(4)15-33)29-21-7-5-6-8-22(21)30-25/h5-8,13,19-20H,9-12,14-16H2,1-4H3/t19-,20-/m1/s1. The molecule has 9 nitrogen and oxygen atoms in total. The number of hydrogen-bond acceptors (Lipinski definition) is 9. The van der Waals surface area contributed by atoms with E-state index in [0.717, 1.165) is 65.4 Å². The number of carbonyl (C=O) groups is 1. The topological polar surface area (TPSA) is 87.6 Å². The predicted molar refractivity (Wildman–Crippen MR) is 143 cm³/mol. The van der Waals surface area contributed by atoms with Gasteiger partial charge >= 0.3 is 0 Å². The zero-order valence-corrected chi connectivity index (χ0v) is 22.2. The molecule has 5 rings (SSSR count). The third-order valence-electron chi connectivity index (χ3n) is 6.46. The number of morpholine rings is 1. The average Bonchev–Trinajstić information content (AvgIpc) is 2.85. The number of anilines is 2. The van der Waals surface area contributed by atoms with E-state index in [2.05, 4.69) is 33.6 Å². The molecule has 0 saturated carbocycles. The minimum atomic E-state index is 0.110. The minimum absolute atomic E-state index is 0.110. The molecule has 0 radical (unpaired) electrons. The Balaban J connectivity index is 1.27. The van der Waals surface area contributed by atoms with E-state index < -0.39 is 0 Å². The van der Waals surface area contributed by atoms with Crippen LogP contribution in [0, 0.1) is 13.8 Å². The van der Waals surface area contributed by atoms with Gasteiger partial charge in [0.1, 0.15) is 5.03 Å². The van der Waals surface area contributed by atoms with Crippen LogP contribution in [0.5, 0.6) is 0 Å². The van der Waals surface area contributed by atoms with Crippen molar-refractivity contribution in [3.8, 4) is 0 Å². The lowest BCUT2D eigenvalue weighted by Crippen LogP contribution is -2.50. The van der Waals surface area contributed by atoms with Crippen molar-refractivity contribution in [2.24, 2.45) is 0 Å². The van der Waals surface area contributed by atoms with Gasteiger partial charge in [0.05, 0.1) is 29.0 Å². The van der Waals surface area contributed by atoms with E-state index in [9.17, 15) is 4.79 Å². The maximum Gasteiger partial charge on any atom is 0.233 e. The summed E-state index contributed by atoms with van der Waals surface area (Å²) >= 11 is 1.48. The number of para-hydroxylation sites is 2. The number of aryl methyl sites for hydroxylation is 2. The maximum absolute atomic E-state index is 13.2. The second kappa shape index (κ2) is 10.6. The molecule has 36 heavy (non-hydrogen) atoms. The molecule has 2 fully saturated rings. The Morgan fingerprint density at radius 2 is 1.53 bits per heavy atom. The van der Waals surface area contributed by atoms with E-state index in [1.807, 2.05) is 49.1 Å². The average molecular weight is 508 g/mol. The Labute approximate surface area is 216 Å². The van der Waals surface area contributed by atoms with Crippen molar-refractivity contribution in [2.75, 3.05) is 54.8 Å². The summed E-state index contributed by atoms with van der Waals surface area (Å²) in [7, 11) is 0. The lowest BCUT2D eigenvalue weighted by atomic mass is 10.2.